The van der Waals surface area contributed by atoms with Crippen molar-refractivity contribution in [3.05, 3.63) is 35.9 Å². The largest absolute Gasteiger partial charge is 0.456 e. The standard InChI is InChI=1S/C19H23BrO8/c1-11(21)25-16-15(10-24-9-14-7-5-4-6-8-14)28-19(20)18(27-13(3)23)17(16)26-12(2)22/h4-8,15-19H,9-10H2,1-3H3/t15-,16+,17+,18-,19-/m1/s1. The molecule has 1 heterocycles. The summed E-state index contributed by atoms with van der Waals surface area (Å²) in [4.78, 5) is 34.7. The van der Waals surface area contributed by atoms with E-state index in [0.717, 1.165) is 5.56 Å². The van der Waals surface area contributed by atoms with Crippen molar-refractivity contribution in [1.29, 1.82) is 0 Å². The van der Waals surface area contributed by atoms with Crippen molar-refractivity contribution in [3.63, 3.8) is 0 Å². The Kier molecular flexibility index (Phi) is 8.40. The lowest BCUT2D eigenvalue weighted by molar-refractivity contribution is -0.237. The first-order valence-electron chi connectivity index (χ1n) is 8.70. The maximum absolute atomic E-state index is 11.6. The van der Waals surface area contributed by atoms with Crippen LogP contribution in [0.25, 0.3) is 0 Å². The van der Waals surface area contributed by atoms with Crippen LogP contribution >= 0.6 is 15.9 Å². The molecule has 1 aliphatic heterocycles. The number of halogens is 1. The van der Waals surface area contributed by atoms with Crippen LogP contribution in [-0.2, 0) is 44.7 Å². The highest BCUT2D eigenvalue weighted by Crippen LogP contribution is 2.31. The molecular formula is C19H23BrO8. The zero-order valence-electron chi connectivity index (χ0n) is 15.8. The third-order valence-electron chi connectivity index (χ3n) is 3.88. The molecule has 154 valence electrons. The van der Waals surface area contributed by atoms with Gasteiger partial charge in [-0.1, -0.05) is 46.3 Å². The van der Waals surface area contributed by atoms with Gasteiger partial charge in [-0.2, -0.15) is 0 Å². The van der Waals surface area contributed by atoms with Crippen LogP contribution in [0.2, 0.25) is 0 Å². The van der Waals surface area contributed by atoms with Gasteiger partial charge >= 0.3 is 17.9 Å². The van der Waals surface area contributed by atoms with Gasteiger partial charge in [0.25, 0.3) is 0 Å². The summed E-state index contributed by atoms with van der Waals surface area (Å²) in [6.45, 7) is 4.06. The van der Waals surface area contributed by atoms with Crippen LogP contribution in [0.3, 0.4) is 0 Å². The van der Waals surface area contributed by atoms with E-state index in [0.29, 0.717) is 6.61 Å². The minimum atomic E-state index is -1.05. The molecule has 1 aromatic rings. The van der Waals surface area contributed by atoms with E-state index in [1.54, 1.807) is 0 Å². The van der Waals surface area contributed by atoms with Gasteiger partial charge in [0, 0.05) is 20.8 Å². The average Bonchev–Trinajstić information content (AvgIpc) is 2.61. The minimum Gasteiger partial charge on any atom is -0.456 e. The SMILES string of the molecule is CC(=O)O[C@@H]1[C@@H](OC(C)=O)[C@H](Br)O[C@H](COCc2ccccc2)[C@@H]1OC(C)=O. The first kappa shape index (κ1) is 22.3. The first-order valence-corrected chi connectivity index (χ1v) is 9.62. The lowest BCUT2D eigenvalue weighted by atomic mass is 9.99. The average molecular weight is 459 g/mol. The molecule has 0 spiro atoms. The fourth-order valence-electron chi connectivity index (χ4n) is 2.84. The van der Waals surface area contributed by atoms with Crippen LogP contribution in [-0.4, -0.2) is 53.9 Å². The molecule has 0 unspecified atom stereocenters. The van der Waals surface area contributed by atoms with Gasteiger partial charge < -0.3 is 23.7 Å². The zero-order valence-corrected chi connectivity index (χ0v) is 17.4. The number of hydrogen-bond donors (Lipinski definition) is 0. The maximum Gasteiger partial charge on any atom is 0.303 e. The van der Waals surface area contributed by atoms with Crippen molar-refractivity contribution in [2.75, 3.05) is 6.61 Å². The number of rotatable bonds is 7. The smallest absolute Gasteiger partial charge is 0.303 e. The molecule has 9 heteroatoms. The third-order valence-corrected chi connectivity index (χ3v) is 4.61. The normalized spacial score (nSPS) is 26.9. The molecule has 1 fully saturated rings. The van der Waals surface area contributed by atoms with Crippen molar-refractivity contribution in [2.24, 2.45) is 0 Å². The predicted octanol–water partition coefficient (Wildman–Crippen LogP) is 2.12. The molecule has 0 N–H and O–H groups in total. The molecule has 2 rings (SSSR count). The van der Waals surface area contributed by atoms with Crippen LogP contribution < -0.4 is 0 Å². The number of benzene rings is 1. The van der Waals surface area contributed by atoms with Crippen LogP contribution in [0.15, 0.2) is 30.3 Å². The van der Waals surface area contributed by atoms with E-state index in [4.69, 9.17) is 23.7 Å². The van der Waals surface area contributed by atoms with Gasteiger partial charge in [0.05, 0.1) is 13.2 Å². The molecule has 0 amide bonds. The van der Waals surface area contributed by atoms with Crippen LogP contribution in [0, 0.1) is 0 Å². The second kappa shape index (κ2) is 10.5. The Morgan fingerprint density at radius 3 is 2.00 bits per heavy atom. The fraction of sp³-hybridized carbons (Fsp3) is 0.526. The summed E-state index contributed by atoms with van der Waals surface area (Å²) < 4.78 is 27.4. The Morgan fingerprint density at radius 1 is 0.893 bits per heavy atom. The van der Waals surface area contributed by atoms with Gasteiger partial charge in [0.15, 0.2) is 23.3 Å². The Labute approximate surface area is 171 Å². The summed E-state index contributed by atoms with van der Waals surface area (Å²) in [5.41, 5.74) is 0.965. The number of carbonyl (C=O) groups is 3. The highest BCUT2D eigenvalue weighted by molar-refractivity contribution is 9.09. The lowest BCUT2D eigenvalue weighted by Gasteiger charge is -2.42. The van der Waals surface area contributed by atoms with E-state index >= 15 is 0 Å². The minimum absolute atomic E-state index is 0.0689. The summed E-state index contributed by atoms with van der Waals surface area (Å²) in [7, 11) is 0. The molecule has 1 aromatic carbocycles. The molecule has 0 radical (unpaired) electrons. The molecule has 1 saturated heterocycles. The van der Waals surface area contributed by atoms with E-state index in [1.807, 2.05) is 30.3 Å². The van der Waals surface area contributed by atoms with E-state index in [-0.39, 0.29) is 6.61 Å². The van der Waals surface area contributed by atoms with Crippen molar-refractivity contribution in [2.45, 2.75) is 56.8 Å². The molecule has 0 saturated carbocycles. The fourth-order valence-corrected chi connectivity index (χ4v) is 3.53. The Morgan fingerprint density at radius 2 is 1.43 bits per heavy atom. The molecular weight excluding hydrogens is 436 g/mol. The molecule has 5 atom stereocenters. The molecule has 0 bridgehead atoms. The highest BCUT2D eigenvalue weighted by atomic mass is 79.9. The molecule has 0 aliphatic carbocycles. The van der Waals surface area contributed by atoms with Crippen LogP contribution in [0.1, 0.15) is 26.3 Å². The number of alkyl halides is 1. The highest BCUT2D eigenvalue weighted by Gasteiger charge is 2.51. The quantitative estimate of drug-likeness (QED) is 0.348. The molecule has 28 heavy (non-hydrogen) atoms. The summed E-state index contributed by atoms with van der Waals surface area (Å²) >= 11 is 3.30. The predicted molar refractivity (Wildman–Crippen MR) is 100 cm³/mol. The topological polar surface area (TPSA) is 97.4 Å². The number of ether oxygens (including phenoxy) is 5. The Bertz CT molecular complexity index is 680. The first-order chi connectivity index (χ1) is 13.3. The van der Waals surface area contributed by atoms with Gasteiger partial charge in [-0.3, -0.25) is 14.4 Å². The Balaban J connectivity index is 2.16. The number of carbonyl (C=O) groups excluding carboxylic acids is 3. The van der Waals surface area contributed by atoms with Crippen LogP contribution in [0.4, 0.5) is 0 Å². The van der Waals surface area contributed by atoms with E-state index < -0.39 is 47.3 Å². The summed E-state index contributed by atoms with van der Waals surface area (Å²) in [5, 5.41) is -0.780. The van der Waals surface area contributed by atoms with Gasteiger partial charge in [-0.25, -0.2) is 0 Å². The monoisotopic (exact) mass is 458 g/mol. The molecule has 8 nitrogen and oxygen atoms in total. The van der Waals surface area contributed by atoms with Gasteiger partial charge in [-0.05, 0) is 5.56 Å². The van der Waals surface area contributed by atoms with Crippen molar-refractivity contribution < 1.29 is 38.1 Å². The molecule has 1 aliphatic rings. The third kappa shape index (κ3) is 6.57. The van der Waals surface area contributed by atoms with Gasteiger partial charge in [0.1, 0.15) is 6.10 Å². The summed E-state index contributed by atoms with van der Waals surface area (Å²) in [5.74, 6) is -1.78. The second-order valence-corrected chi connectivity index (χ2v) is 7.15. The zero-order chi connectivity index (χ0) is 20.7. The van der Waals surface area contributed by atoms with Crippen molar-refractivity contribution >= 4 is 33.8 Å². The van der Waals surface area contributed by atoms with E-state index in [2.05, 4.69) is 15.9 Å². The lowest BCUT2D eigenvalue weighted by Crippen LogP contribution is -2.60. The number of esters is 3. The van der Waals surface area contributed by atoms with Crippen LogP contribution in [0.5, 0.6) is 0 Å². The number of hydrogen-bond acceptors (Lipinski definition) is 8. The van der Waals surface area contributed by atoms with E-state index in [9.17, 15) is 14.4 Å². The maximum atomic E-state index is 11.6. The molecule has 0 aromatic heterocycles. The van der Waals surface area contributed by atoms with E-state index in [1.165, 1.54) is 20.8 Å². The van der Waals surface area contributed by atoms with Gasteiger partial charge in [0.2, 0.25) is 0 Å². The van der Waals surface area contributed by atoms with Crippen molar-refractivity contribution in [3.8, 4) is 0 Å². The second-order valence-electron chi connectivity index (χ2n) is 6.25. The summed E-state index contributed by atoms with van der Waals surface area (Å²) in [6, 6.07) is 9.52. The van der Waals surface area contributed by atoms with Gasteiger partial charge in [-0.15, -0.1) is 0 Å². The van der Waals surface area contributed by atoms with Crippen molar-refractivity contribution in [1.82, 2.24) is 0 Å². The summed E-state index contributed by atoms with van der Waals surface area (Å²) in [6.07, 6.45) is -3.78. The Hall–Kier alpha value is -1.97.